The van der Waals surface area contributed by atoms with Crippen molar-refractivity contribution in [2.45, 2.75) is 26.4 Å². The van der Waals surface area contributed by atoms with Gasteiger partial charge in [0.2, 0.25) is 0 Å². The summed E-state index contributed by atoms with van der Waals surface area (Å²) >= 11 is 0. The number of hydrogen-bond donors (Lipinski definition) is 1. The Bertz CT molecular complexity index is 301. The van der Waals surface area contributed by atoms with Gasteiger partial charge in [0.15, 0.2) is 0 Å². The molecule has 0 heterocycles. The standard InChI is InChI=1S/C11H14O3.CH4O/c1-11(2,3)14-13-10(12)9-7-5-4-6-8-9;1-2/h4-8H,1-3H3;2H,1H3. The van der Waals surface area contributed by atoms with E-state index in [1.807, 2.05) is 26.8 Å². The molecule has 0 spiro atoms. The zero-order valence-corrected chi connectivity index (χ0v) is 10.1. The lowest BCUT2D eigenvalue weighted by molar-refractivity contribution is -0.301. The third kappa shape index (κ3) is 6.16. The van der Waals surface area contributed by atoms with Gasteiger partial charge >= 0.3 is 5.97 Å². The second kappa shape index (κ2) is 6.98. The molecule has 90 valence electrons. The van der Waals surface area contributed by atoms with E-state index in [1.165, 1.54) is 0 Å². The van der Waals surface area contributed by atoms with Crippen LogP contribution in [0.2, 0.25) is 0 Å². The Morgan fingerprint density at radius 3 is 2.06 bits per heavy atom. The normalized spacial score (nSPS) is 10.1. The molecule has 0 amide bonds. The van der Waals surface area contributed by atoms with Gasteiger partial charge < -0.3 is 5.11 Å². The molecule has 4 nitrogen and oxygen atoms in total. The number of carbonyl (C=O) groups excluding carboxylic acids is 1. The van der Waals surface area contributed by atoms with E-state index in [0.717, 1.165) is 7.11 Å². The highest BCUT2D eigenvalue weighted by Gasteiger charge is 2.15. The third-order valence-electron chi connectivity index (χ3n) is 1.38. The Morgan fingerprint density at radius 1 is 1.12 bits per heavy atom. The summed E-state index contributed by atoms with van der Waals surface area (Å²) in [5.74, 6) is -0.472. The Hall–Kier alpha value is -1.39. The Labute approximate surface area is 95.7 Å². The van der Waals surface area contributed by atoms with Crippen LogP contribution in [0.25, 0.3) is 0 Å². The van der Waals surface area contributed by atoms with Crippen LogP contribution in [0.5, 0.6) is 0 Å². The number of aliphatic hydroxyl groups excluding tert-OH is 1. The van der Waals surface area contributed by atoms with Gasteiger partial charge in [-0.1, -0.05) is 18.2 Å². The zero-order chi connectivity index (χ0) is 12.6. The summed E-state index contributed by atoms with van der Waals surface area (Å²) in [5.41, 5.74) is 0.00140. The van der Waals surface area contributed by atoms with Crippen molar-refractivity contribution in [1.29, 1.82) is 0 Å². The molecule has 1 aromatic rings. The molecule has 0 radical (unpaired) electrons. The second-order valence-electron chi connectivity index (χ2n) is 3.93. The SMILES string of the molecule is CC(C)(C)OOC(=O)c1ccccc1.CO. The average Bonchev–Trinajstić information content (AvgIpc) is 2.29. The predicted octanol–water partition coefficient (Wildman–Crippen LogP) is 2.18. The molecule has 16 heavy (non-hydrogen) atoms. The fourth-order valence-corrected chi connectivity index (χ4v) is 0.785. The van der Waals surface area contributed by atoms with Crippen LogP contribution in [0.4, 0.5) is 0 Å². The molecule has 0 aromatic heterocycles. The molecule has 0 unspecified atom stereocenters. The molecule has 0 atom stereocenters. The van der Waals surface area contributed by atoms with Gasteiger partial charge in [0.25, 0.3) is 0 Å². The minimum absolute atomic E-state index is 0.472. The quantitative estimate of drug-likeness (QED) is 0.620. The minimum Gasteiger partial charge on any atom is -0.400 e. The van der Waals surface area contributed by atoms with Gasteiger partial charge in [-0.3, -0.25) is 4.89 Å². The molecule has 1 aromatic carbocycles. The van der Waals surface area contributed by atoms with Gasteiger partial charge in [-0.15, -0.1) is 0 Å². The minimum atomic E-state index is -0.482. The molecular formula is C12H18O4. The summed E-state index contributed by atoms with van der Waals surface area (Å²) in [6.45, 7) is 5.43. The van der Waals surface area contributed by atoms with Gasteiger partial charge in [-0.25, -0.2) is 4.79 Å². The number of carbonyl (C=O) groups is 1. The van der Waals surface area contributed by atoms with Crippen molar-refractivity contribution in [3.63, 3.8) is 0 Å². The summed E-state index contributed by atoms with van der Waals surface area (Å²) in [5, 5.41) is 7.00. The Balaban J connectivity index is 0.00000106. The number of hydrogen-bond acceptors (Lipinski definition) is 4. The van der Waals surface area contributed by atoms with Gasteiger partial charge in [0, 0.05) is 7.11 Å². The van der Waals surface area contributed by atoms with Gasteiger partial charge in [-0.05, 0) is 32.9 Å². The number of rotatable bonds is 2. The molecular weight excluding hydrogens is 208 g/mol. The fraction of sp³-hybridized carbons (Fsp3) is 0.417. The maximum atomic E-state index is 11.3. The topological polar surface area (TPSA) is 55.8 Å². The van der Waals surface area contributed by atoms with Crippen LogP contribution < -0.4 is 0 Å². The molecule has 0 fully saturated rings. The van der Waals surface area contributed by atoms with E-state index in [0.29, 0.717) is 5.56 Å². The van der Waals surface area contributed by atoms with Crippen LogP contribution in [-0.4, -0.2) is 23.8 Å². The van der Waals surface area contributed by atoms with Crippen molar-refractivity contribution in [3.8, 4) is 0 Å². The first-order chi connectivity index (χ1) is 7.49. The summed E-state index contributed by atoms with van der Waals surface area (Å²) in [6.07, 6.45) is 0. The number of benzene rings is 1. The van der Waals surface area contributed by atoms with Crippen LogP contribution in [0.1, 0.15) is 31.1 Å². The Kier molecular flexibility index (Phi) is 6.37. The van der Waals surface area contributed by atoms with Crippen molar-refractivity contribution in [2.24, 2.45) is 0 Å². The van der Waals surface area contributed by atoms with Crippen LogP contribution in [0.15, 0.2) is 30.3 Å². The summed E-state index contributed by atoms with van der Waals surface area (Å²) in [4.78, 5) is 20.9. The first kappa shape index (κ1) is 14.6. The highest BCUT2D eigenvalue weighted by molar-refractivity contribution is 5.88. The summed E-state index contributed by atoms with van der Waals surface area (Å²) < 4.78 is 0. The second-order valence-corrected chi connectivity index (χ2v) is 3.93. The van der Waals surface area contributed by atoms with Crippen molar-refractivity contribution in [2.75, 3.05) is 7.11 Å². The molecule has 0 aliphatic rings. The summed E-state index contributed by atoms with van der Waals surface area (Å²) in [6, 6.07) is 8.73. The lowest BCUT2D eigenvalue weighted by Crippen LogP contribution is -2.21. The van der Waals surface area contributed by atoms with Gasteiger partial charge in [0.1, 0.15) is 5.60 Å². The predicted molar refractivity (Wildman–Crippen MR) is 60.8 cm³/mol. The molecule has 0 aliphatic carbocycles. The maximum Gasteiger partial charge on any atom is 0.373 e. The smallest absolute Gasteiger partial charge is 0.373 e. The van der Waals surface area contributed by atoms with E-state index in [9.17, 15) is 4.79 Å². The fourth-order valence-electron chi connectivity index (χ4n) is 0.785. The van der Waals surface area contributed by atoms with E-state index in [-0.39, 0.29) is 0 Å². The largest absolute Gasteiger partial charge is 0.400 e. The van der Waals surface area contributed by atoms with E-state index in [4.69, 9.17) is 9.99 Å². The lowest BCUT2D eigenvalue weighted by Gasteiger charge is -2.16. The van der Waals surface area contributed by atoms with E-state index >= 15 is 0 Å². The van der Waals surface area contributed by atoms with E-state index in [2.05, 4.69) is 4.89 Å². The Morgan fingerprint density at radius 2 is 1.62 bits per heavy atom. The van der Waals surface area contributed by atoms with Crippen LogP contribution in [0, 0.1) is 0 Å². The van der Waals surface area contributed by atoms with Crippen molar-refractivity contribution >= 4 is 5.97 Å². The van der Waals surface area contributed by atoms with E-state index < -0.39 is 11.6 Å². The van der Waals surface area contributed by atoms with E-state index in [1.54, 1.807) is 24.3 Å². The van der Waals surface area contributed by atoms with Crippen molar-refractivity contribution in [1.82, 2.24) is 0 Å². The molecule has 0 saturated carbocycles. The van der Waals surface area contributed by atoms with Crippen molar-refractivity contribution < 1.29 is 19.7 Å². The first-order valence-electron chi connectivity index (χ1n) is 4.89. The third-order valence-corrected chi connectivity index (χ3v) is 1.38. The summed E-state index contributed by atoms with van der Waals surface area (Å²) in [7, 11) is 1.00. The van der Waals surface area contributed by atoms with Crippen LogP contribution in [0.3, 0.4) is 0 Å². The molecule has 0 saturated heterocycles. The lowest BCUT2D eigenvalue weighted by atomic mass is 10.2. The monoisotopic (exact) mass is 226 g/mol. The van der Waals surface area contributed by atoms with Crippen LogP contribution in [-0.2, 0) is 9.78 Å². The average molecular weight is 226 g/mol. The molecule has 0 bridgehead atoms. The highest BCUT2D eigenvalue weighted by atomic mass is 17.2. The molecule has 1 N–H and O–H groups in total. The molecule has 1 rings (SSSR count). The highest BCUT2D eigenvalue weighted by Crippen LogP contribution is 2.09. The van der Waals surface area contributed by atoms with Gasteiger partial charge in [-0.2, -0.15) is 4.89 Å². The van der Waals surface area contributed by atoms with Crippen molar-refractivity contribution in [3.05, 3.63) is 35.9 Å². The maximum absolute atomic E-state index is 11.3. The number of aliphatic hydroxyl groups is 1. The van der Waals surface area contributed by atoms with Crippen LogP contribution >= 0.6 is 0 Å². The van der Waals surface area contributed by atoms with Gasteiger partial charge in [0.05, 0.1) is 5.56 Å². The molecule has 0 aliphatic heterocycles. The molecule has 4 heteroatoms. The zero-order valence-electron chi connectivity index (χ0n) is 10.1. The first-order valence-corrected chi connectivity index (χ1v) is 4.89.